The zero-order valence-electron chi connectivity index (χ0n) is 43.4. The lowest BCUT2D eigenvalue weighted by Crippen LogP contribution is -2.22. The molecule has 6 heteroatoms. The van der Waals surface area contributed by atoms with Gasteiger partial charge in [-0.2, -0.15) is 0 Å². The summed E-state index contributed by atoms with van der Waals surface area (Å²) in [6.07, 6.45) is 16.8. The van der Waals surface area contributed by atoms with Crippen LogP contribution in [0.4, 0.5) is 0 Å². The Morgan fingerprint density at radius 3 is 0.892 bits per heavy atom. The van der Waals surface area contributed by atoms with E-state index in [9.17, 15) is 0 Å². The second kappa shape index (κ2) is 32.6. The third kappa shape index (κ3) is 19.2. The van der Waals surface area contributed by atoms with Crippen LogP contribution in [0.1, 0.15) is 147 Å². The van der Waals surface area contributed by atoms with Crippen molar-refractivity contribution < 1.29 is 28.4 Å². The number of para-hydroxylation sites is 3. The van der Waals surface area contributed by atoms with Crippen LogP contribution in [0.25, 0.3) is 0 Å². The number of ether oxygens (including phenoxy) is 6. The molecule has 368 valence electrons. The first kappa shape index (κ1) is 56.3. The summed E-state index contributed by atoms with van der Waals surface area (Å²) in [6.45, 7) is 29.6. The summed E-state index contributed by atoms with van der Waals surface area (Å²) in [5.74, 6) is 14.3. The van der Waals surface area contributed by atoms with Crippen molar-refractivity contribution in [3.8, 4) is 17.2 Å². The fraction of sp³-hybridized carbons (Fsp3) is 0.695. The van der Waals surface area contributed by atoms with Gasteiger partial charge in [-0.1, -0.05) is 151 Å². The molecule has 13 atom stereocenters. The van der Waals surface area contributed by atoms with Gasteiger partial charge in [0.1, 0.15) is 55.4 Å². The first-order chi connectivity index (χ1) is 32.1. The molecule has 0 spiro atoms. The van der Waals surface area contributed by atoms with E-state index < -0.39 is 0 Å². The van der Waals surface area contributed by atoms with Crippen molar-refractivity contribution in [2.24, 2.45) is 59.2 Å². The lowest BCUT2D eigenvalue weighted by molar-refractivity contribution is 0.201. The van der Waals surface area contributed by atoms with E-state index >= 15 is 0 Å². The van der Waals surface area contributed by atoms with Gasteiger partial charge in [0, 0.05) is 0 Å². The average molecular weight is 901 g/mol. The summed E-state index contributed by atoms with van der Waals surface area (Å²) in [6, 6.07) is 29.4. The minimum atomic E-state index is 0.343. The molecule has 3 aliphatic heterocycles. The van der Waals surface area contributed by atoms with Crippen LogP contribution in [-0.2, 0) is 14.2 Å². The molecule has 9 fully saturated rings. The zero-order chi connectivity index (χ0) is 47.4. The fourth-order valence-electron chi connectivity index (χ4n) is 11.4. The largest absolute Gasteiger partial charge is 0.491 e. The van der Waals surface area contributed by atoms with Gasteiger partial charge < -0.3 is 28.4 Å². The van der Waals surface area contributed by atoms with E-state index in [0.29, 0.717) is 38.1 Å². The van der Waals surface area contributed by atoms with E-state index in [2.05, 4.69) is 13.8 Å². The molecule has 65 heavy (non-hydrogen) atoms. The summed E-state index contributed by atoms with van der Waals surface area (Å²) in [7, 11) is 0. The summed E-state index contributed by atoms with van der Waals surface area (Å²) in [5.41, 5.74) is 0. The molecular formula is C59H96O6. The Morgan fingerprint density at radius 1 is 0.369 bits per heavy atom. The average Bonchev–Trinajstić information content (AvgIpc) is 4.32. The monoisotopic (exact) mass is 901 g/mol. The van der Waals surface area contributed by atoms with Gasteiger partial charge in [0.25, 0.3) is 0 Å². The highest BCUT2D eigenvalue weighted by molar-refractivity contribution is 5.22. The third-order valence-electron chi connectivity index (χ3n) is 14.3. The number of rotatable bonds is 9. The molecule has 0 N–H and O–H groups in total. The minimum Gasteiger partial charge on any atom is -0.491 e. The van der Waals surface area contributed by atoms with Crippen molar-refractivity contribution in [3.05, 3.63) is 91.0 Å². The molecule has 9 aliphatic rings. The van der Waals surface area contributed by atoms with Gasteiger partial charge in [-0.3, -0.25) is 0 Å². The molecule has 3 saturated heterocycles. The lowest BCUT2D eigenvalue weighted by Gasteiger charge is -2.29. The zero-order valence-corrected chi connectivity index (χ0v) is 43.4. The van der Waals surface area contributed by atoms with Gasteiger partial charge in [0.2, 0.25) is 0 Å². The van der Waals surface area contributed by atoms with Gasteiger partial charge in [-0.05, 0) is 147 Å². The predicted molar refractivity (Wildman–Crippen MR) is 274 cm³/mol. The summed E-state index contributed by atoms with van der Waals surface area (Å²) < 4.78 is 31.2. The maximum atomic E-state index is 5.40. The second-order valence-corrected chi connectivity index (χ2v) is 18.0. The van der Waals surface area contributed by atoms with Crippen LogP contribution in [0.3, 0.4) is 0 Å². The van der Waals surface area contributed by atoms with Crippen molar-refractivity contribution in [2.75, 3.05) is 39.6 Å². The van der Waals surface area contributed by atoms with Crippen LogP contribution in [0, 0.1) is 59.2 Å². The second-order valence-electron chi connectivity index (χ2n) is 18.0. The van der Waals surface area contributed by atoms with Gasteiger partial charge in [0.15, 0.2) is 0 Å². The fourth-order valence-corrected chi connectivity index (χ4v) is 11.4. The standard InChI is InChI=1S/2C11H18.3C9H10O2.5C2H6/c2*1-7-5-8-6-11(7)10-4-2-3-9(8)10;3*1-2-4-8(5-3-1)10-6-9-7-11-9;5*1-2/h2*7-11H,2-6H2,1H3;3*1-5,9H,6-7H2;5*1-2H3. The molecule has 3 aromatic carbocycles. The van der Waals surface area contributed by atoms with Crippen molar-refractivity contribution >= 4 is 0 Å². The Labute approximate surface area is 399 Å². The Hall–Kier alpha value is -3.06. The molecule has 13 unspecified atom stereocenters. The van der Waals surface area contributed by atoms with E-state index in [1.165, 1.54) is 35.5 Å². The van der Waals surface area contributed by atoms with Crippen molar-refractivity contribution in [1.82, 2.24) is 0 Å². The van der Waals surface area contributed by atoms with Crippen LogP contribution in [-0.4, -0.2) is 58.0 Å². The van der Waals surface area contributed by atoms with Crippen LogP contribution >= 0.6 is 0 Å². The molecule has 6 saturated carbocycles. The van der Waals surface area contributed by atoms with Crippen LogP contribution < -0.4 is 14.2 Å². The molecule has 0 radical (unpaired) electrons. The lowest BCUT2D eigenvalue weighted by atomic mass is 9.77. The smallest absolute Gasteiger partial charge is 0.119 e. The Balaban J connectivity index is 0.000000206. The molecule has 6 nitrogen and oxygen atoms in total. The first-order valence-corrected chi connectivity index (χ1v) is 27.0. The molecule has 12 rings (SSSR count). The molecule has 4 bridgehead atoms. The number of benzene rings is 3. The van der Waals surface area contributed by atoms with E-state index in [4.69, 9.17) is 28.4 Å². The Kier molecular flexibility index (Phi) is 28.2. The van der Waals surface area contributed by atoms with E-state index in [1.807, 2.05) is 160 Å². The summed E-state index contributed by atoms with van der Waals surface area (Å²) in [4.78, 5) is 0. The molecule has 3 heterocycles. The summed E-state index contributed by atoms with van der Waals surface area (Å²) >= 11 is 0. The summed E-state index contributed by atoms with van der Waals surface area (Å²) in [5, 5.41) is 0. The normalized spacial score (nSPS) is 31.7. The number of hydrogen-bond donors (Lipinski definition) is 0. The Morgan fingerprint density at radius 2 is 0.631 bits per heavy atom. The van der Waals surface area contributed by atoms with Gasteiger partial charge in [-0.15, -0.1) is 0 Å². The van der Waals surface area contributed by atoms with Crippen molar-refractivity contribution in [1.29, 1.82) is 0 Å². The quantitative estimate of drug-likeness (QED) is 0.199. The molecule has 6 aliphatic carbocycles. The van der Waals surface area contributed by atoms with E-state index in [0.717, 1.165) is 60.7 Å². The molecule has 0 amide bonds. The predicted octanol–water partition coefficient (Wildman–Crippen LogP) is 15.7. The molecular weight excluding hydrogens is 805 g/mol. The van der Waals surface area contributed by atoms with Crippen LogP contribution in [0.5, 0.6) is 17.2 Å². The molecule has 0 aromatic heterocycles. The number of epoxide rings is 3. The van der Waals surface area contributed by atoms with Gasteiger partial charge in [0.05, 0.1) is 19.8 Å². The maximum absolute atomic E-state index is 5.40. The van der Waals surface area contributed by atoms with Gasteiger partial charge >= 0.3 is 0 Å². The highest BCUT2D eigenvalue weighted by Crippen LogP contribution is 2.61. The number of fused-ring (bicyclic) bond motifs is 10. The van der Waals surface area contributed by atoms with Gasteiger partial charge in [-0.25, -0.2) is 0 Å². The van der Waals surface area contributed by atoms with Crippen LogP contribution in [0.2, 0.25) is 0 Å². The van der Waals surface area contributed by atoms with E-state index in [-0.39, 0.29) is 0 Å². The van der Waals surface area contributed by atoms with Crippen molar-refractivity contribution in [2.45, 2.75) is 166 Å². The minimum absolute atomic E-state index is 0.343. The SMILES string of the molecule is CC.CC.CC.CC.CC.CC1CC2CC1C1CCCC21.CC1CC2CC1C1CCCC21.c1ccc(OCC2CO2)cc1.c1ccc(OCC2CO2)cc1.c1ccc(OCC2CO2)cc1. The third-order valence-corrected chi connectivity index (χ3v) is 14.3. The first-order valence-electron chi connectivity index (χ1n) is 27.0. The highest BCUT2D eigenvalue weighted by atomic mass is 16.6. The molecule has 3 aromatic rings. The Bertz CT molecular complexity index is 1380. The topological polar surface area (TPSA) is 65.3 Å². The number of hydrogen-bond acceptors (Lipinski definition) is 6. The van der Waals surface area contributed by atoms with E-state index in [1.54, 1.807) is 64.2 Å². The highest BCUT2D eigenvalue weighted by Gasteiger charge is 2.53. The maximum Gasteiger partial charge on any atom is 0.119 e. The van der Waals surface area contributed by atoms with Crippen molar-refractivity contribution in [3.63, 3.8) is 0 Å². The van der Waals surface area contributed by atoms with Crippen LogP contribution in [0.15, 0.2) is 91.0 Å².